The van der Waals surface area contributed by atoms with Crippen molar-refractivity contribution in [2.45, 2.75) is 13.3 Å². The number of aromatic nitrogens is 2. The van der Waals surface area contributed by atoms with Gasteiger partial charge in [0.2, 0.25) is 0 Å². The second-order valence-corrected chi connectivity index (χ2v) is 7.79. The Bertz CT molecular complexity index is 875. The van der Waals surface area contributed by atoms with Gasteiger partial charge in [0.25, 0.3) is 0 Å². The maximum absolute atomic E-state index is 6.08. The van der Waals surface area contributed by atoms with E-state index in [0.717, 1.165) is 37.3 Å². The van der Waals surface area contributed by atoms with Crippen LogP contribution in [0.2, 0.25) is 10.0 Å². The Hall–Kier alpha value is -0.810. The molecule has 3 rings (SSSR count). The molecule has 1 N–H and O–H groups in total. The smallest absolute Gasteiger partial charge is 0.111 e. The van der Waals surface area contributed by atoms with Crippen LogP contribution < -0.4 is 0 Å². The third kappa shape index (κ3) is 3.82. The van der Waals surface area contributed by atoms with Crippen LogP contribution in [-0.4, -0.2) is 9.97 Å². The van der Waals surface area contributed by atoms with Crippen LogP contribution in [0.5, 0.6) is 0 Å². The first kappa shape index (κ1) is 17.0. The van der Waals surface area contributed by atoms with Crippen molar-refractivity contribution in [3.8, 4) is 11.3 Å². The van der Waals surface area contributed by atoms with E-state index in [9.17, 15) is 0 Å². The molecule has 6 heteroatoms. The van der Waals surface area contributed by atoms with E-state index in [1.165, 1.54) is 0 Å². The normalized spacial score (nSPS) is 11.0. The lowest BCUT2D eigenvalue weighted by molar-refractivity contribution is 1.02. The highest BCUT2D eigenvalue weighted by atomic mass is 79.9. The van der Waals surface area contributed by atoms with Gasteiger partial charge >= 0.3 is 0 Å². The van der Waals surface area contributed by atoms with E-state index in [1.54, 1.807) is 6.07 Å². The molecule has 2 aromatic carbocycles. The number of aryl methyl sites for hydroxylation is 1. The summed E-state index contributed by atoms with van der Waals surface area (Å²) >= 11 is 19.1. The number of H-pyrrole nitrogens is 1. The fourth-order valence-electron chi connectivity index (χ4n) is 2.39. The summed E-state index contributed by atoms with van der Waals surface area (Å²) in [4.78, 5) is 8.10. The molecular weight excluding hydrogens is 463 g/mol. The zero-order valence-corrected chi connectivity index (χ0v) is 16.8. The van der Waals surface area contributed by atoms with Gasteiger partial charge in [-0.15, -0.1) is 0 Å². The minimum atomic E-state index is 0.558. The van der Waals surface area contributed by atoms with Crippen molar-refractivity contribution in [2.24, 2.45) is 0 Å². The molecule has 0 fully saturated rings. The lowest BCUT2D eigenvalue weighted by atomic mass is 10.1. The van der Waals surface area contributed by atoms with Crippen LogP contribution in [0.4, 0.5) is 0 Å². The van der Waals surface area contributed by atoms with Gasteiger partial charge in [0.05, 0.1) is 15.7 Å². The zero-order valence-electron chi connectivity index (χ0n) is 12.1. The summed E-state index contributed by atoms with van der Waals surface area (Å²) in [5.74, 6) is 0.891. The van der Waals surface area contributed by atoms with Gasteiger partial charge in [-0.3, -0.25) is 0 Å². The van der Waals surface area contributed by atoms with Gasteiger partial charge in [-0.1, -0.05) is 61.1 Å². The number of halogens is 4. The standard InChI is InChI=1S/C17H12Br2Cl2N2/c1-9-17(12-8-11(18)3-4-13(12)19)23-16(22-9)7-10-2-5-14(20)15(21)6-10/h2-6,8H,7H2,1H3,(H,22,23). The van der Waals surface area contributed by atoms with Crippen molar-refractivity contribution < 1.29 is 0 Å². The molecule has 0 amide bonds. The quantitative estimate of drug-likeness (QED) is 0.444. The van der Waals surface area contributed by atoms with Gasteiger partial charge in [0, 0.05) is 26.6 Å². The number of rotatable bonds is 3. The number of hydrogen-bond donors (Lipinski definition) is 1. The van der Waals surface area contributed by atoms with Crippen molar-refractivity contribution in [3.63, 3.8) is 0 Å². The third-order valence-corrected chi connectivity index (χ3v) is 5.40. The molecule has 0 saturated heterocycles. The van der Waals surface area contributed by atoms with Gasteiger partial charge in [0.15, 0.2) is 0 Å². The second-order valence-electron chi connectivity index (χ2n) is 5.21. The van der Waals surface area contributed by atoms with Crippen LogP contribution in [0.15, 0.2) is 45.3 Å². The fourth-order valence-corrected chi connectivity index (χ4v) is 3.51. The molecule has 2 nitrogen and oxygen atoms in total. The Morgan fingerprint density at radius 2 is 1.83 bits per heavy atom. The van der Waals surface area contributed by atoms with Gasteiger partial charge in [0.1, 0.15) is 5.82 Å². The monoisotopic (exact) mass is 472 g/mol. The van der Waals surface area contributed by atoms with Gasteiger partial charge in [-0.2, -0.15) is 0 Å². The van der Waals surface area contributed by atoms with Crippen molar-refractivity contribution in [1.29, 1.82) is 0 Å². The third-order valence-electron chi connectivity index (χ3n) is 3.47. The molecule has 0 saturated carbocycles. The summed E-state index contributed by atoms with van der Waals surface area (Å²) in [6.45, 7) is 2.02. The zero-order chi connectivity index (χ0) is 16.6. The predicted molar refractivity (Wildman–Crippen MR) is 103 cm³/mol. The number of hydrogen-bond acceptors (Lipinski definition) is 1. The molecule has 23 heavy (non-hydrogen) atoms. The molecule has 1 aromatic heterocycles. The van der Waals surface area contributed by atoms with Crippen molar-refractivity contribution in [2.75, 3.05) is 0 Å². The summed E-state index contributed by atoms with van der Waals surface area (Å²) in [6, 6.07) is 11.7. The van der Waals surface area contributed by atoms with Crippen LogP contribution in [0.1, 0.15) is 17.1 Å². The van der Waals surface area contributed by atoms with E-state index in [0.29, 0.717) is 16.5 Å². The summed E-state index contributed by atoms with van der Waals surface area (Å²) in [5.41, 5.74) is 4.08. The molecule has 0 unspecified atom stereocenters. The van der Waals surface area contributed by atoms with Crippen molar-refractivity contribution in [3.05, 3.63) is 72.5 Å². The molecule has 0 atom stereocenters. The van der Waals surface area contributed by atoms with E-state index in [1.807, 2.05) is 31.2 Å². The van der Waals surface area contributed by atoms with Crippen LogP contribution in [0, 0.1) is 6.92 Å². The Morgan fingerprint density at radius 1 is 1.04 bits per heavy atom. The maximum Gasteiger partial charge on any atom is 0.111 e. The summed E-state index contributed by atoms with van der Waals surface area (Å²) in [7, 11) is 0. The SMILES string of the molecule is Cc1[nH]c(Cc2ccc(Cl)c(Cl)c2)nc1-c1cc(Br)ccc1Br. The molecule has 0 bridgehead atoms. The topological polar surface area (TPSA) is 28.7 Å². The number of nitrogens with one attached hydrogen (secondary N) is 1. The fraction of sp³-hybridized carbons (Fsp3) is 0.118. The van der Waals surface area contributed by atoms with E-state index < -0.39 is 0 Å². The molecule has 0 aliphatic heterocycles. The van der Waals surface area contributed by atoms with Crippen LogP contribution in [0.3, 0.4) is 0 Å². The summed E-state index contributed by atoms with van der Waals surface area (Å²) in [6.07, 6.45) is 0.670. The Morgan fingerprint density at radius 3 is 2.57 bits per heavy atom. The van der Waals surface area contributed by atoms with E-state index in [2.05, 4.69) is 42.9 Å². The molecular formula is C17H12Br2Cl2N2. The first-order valence-corrected chi connectivity index (χ1v) is 9.23. The van der Waals surface area contributed by atoms with E-state index in [4.69, 9.17) is 28.2 Å². The van der Waals surface area contributed by atoms with Crippen molar-refractivity contribution in [1.82, 2.24) is 9.97 Å². The first-order valence-electron chi connectivity index (χ1n) is 6.89. The predicted octanol–water partition coefficient (Wildman–Crippen LogP) is 6.81. The van der Waals surface area contributed by atoms with Gasteiger partial charge < -0.3 is 4.98 Å². The largest absolute Gasteiger partial charge is 0.345 e. The molecule has 0 radical (unpaired) electrons. The highest BCUT2D eigenvalue weighted by Gasteiger charge is 2.13. The average molecular weight is 475 g/mol. The Balaban J connectivity index is 1.94. The summed E-state index contributed by atoms with van der Waals surface area (Å²) in [5, 5.41) is 1.12. The Labute approximate surface area is 161 Å². The summed E-state index contributed by atoms with van der Waals surface area (Å²) < 4.78 is 2.03. The molecule has 0 spiro atoms. The van der Waals surface area contributed by atoms with Crippen LogP contribution >= 0.6 is 55.1 Å². The average Bonchev–Trinajstić information content (AvgIpc) is 2.86. The molecule has 0 aliphatic carbocycles. The molecule has 118 valence electrons. The second kappa shape index (κ2) is 6.98. The van der Waals surface area contributed by atoms with Crippen molar-refractivity contribution >= 4 is 55.1 Å². The van der Waals surface area contributed by atoms with E-state index >= 15 is 0 Å². The first-order chi connectivity index (χ1) is 10.9. The van der Waals surface area contributed by atoms with Crippen LogP contribution in [-0.2, 0) is 6.42 Å². The molecule has 1 heterocycles. The molecule has 0 aliphatic rings. The maximum atomic E-state index is 6.08. The minimum Gasteiger partial charge on any atom is -0.345 e. The Kier molecular flexibility index (Phi) is 5.16. The minimum absolute atomic E-state index is 0.558. The number of imidazole rings is 1. The lowest BCUT2D eigenvalue weighted by Crippen LogP contribution is -1.91. The van der Waals surface area contributed by atoms with E-state index in [-0.39, 0.29) is 0 Å². The van der Waals surface area contributed by atoms with Gasteiger partial charge in [-0.05, 0) is 42.8 Å². The number of benzene rings is 2. The molecule has 3 aromatic rings. The number of nitrogens with zero attached hydrogens (tertiary/aromatic N) is 1. The van der Waals surface area contributed by atoms with Gasteiger partial charge in [-0.25, -0.2) is 4.98 Å². The number of aromatic amines is 1. The lowest BCUT2D eigenvalue weighted by Gasteiger charge is -2.03. The highest BCUT2D eigenvalue weighted by Crippen LogP contribution is 2.32. The highest BCUT2D eigenvalue weighted by molar-refractivity contribution is 9.11. The van der Waals surface area contributed by atoms with Crippen LogP contribution in [0.25, 0.3) is 11.3 Å².